The third kappa shape index (κ3) is 3.60. The van der Waals surface area contributed by atoms with Crippen molar-refractivity contribution in [3.63, 3.8) is 0 Å². The molecule has 0 aromatic heterocycles. The maximum absolute atomic E-state index is 11.9. The van der Waals surface area contributed by atoms with Crippen LogP contribution in [0.15, 0.2) is 29.8 Å². The number of non-ortho nitro benzene ring substituents is 1. The largest absolute Gasteiger partial charge is 0.493 e. The predicted octanol–water partition coefficient (Wildman–Crippen LogP) is 5.58. The summed E-state index contributed by atoms with van der Waals surface area (Å²) in [7, 11) is 1.30. The molecular weight excluding hydrogens is 472 g/mol. The molecular formula is C24H26N4O8. The van der Waals surface area contributed by atoms with Gasteiger partial charge in [-0.1, -0.05) is 20.8 Å². The van der Waals surface area contributed by atoms with Crippen LogP contribution >= 0.6 is 0 Å². The quantitative estimate of drug-likeness (QED) is 0.352. The van der Waals surface area contributed by atoms with Gasteiger partial charge in [0.1, 0.15) is 5.56 Å². The summed E-state index contributed by atoms with van der Waals surface area (Å²) in [6, 6.07) is 5.66. The fourth-order valence-electron chi connectivity index (χ4n) is 5.16. The number of benzene rings is 2. The molecule has 1 spiro atoms. The molecule has 0 N–H and O–H groups in total. The third-order valence-electron chi connectivity index (χ3n) is 6.91. The number of hydrogen-bond acceptors (Lipinski definition) is 9. The number of nitrogens with zero attached hydrogens (tertiary/aromatic N) is 4. The molecule has 0 saturated heterocycles. The first-order chi connectivity index (χ1) is 16.9. The Morgan fingerprint density at radius 3 is 2.36 bits per heavy atom. The highest BCUT2D eigenvalue weighted by atomic mass is 16.6. The van der Waals surface area contributed by atoms with Gasteiger partial charge < -0.3 is 14.4 Å². The van der Waals surface area contributed by atoms with Gasteiger partial charge in [0.2, 0.25) is 5.72 Å². The maximum atomic E-state index is 11.9. The molecule has 190 valence electrons. The number of nitro benzene ring substituents is 3. The highest BCUT2D eigenvalue weighted by molar-refractivity contribution is 5.83. The lowest BCUT2D eigenvalue weighted by Crippen LogP contribution is -2.55. The summed E-state index contributed by atoms with van der Waals surface area (Å²) >= 11 is 0. The number of fused-ring (bicyclic) bond motifs is 2. The van der Waals surface area contributed by atoms with Crippen molar-refractivity contribution in [2.24, 2.45) is 5.92 Å². The summed E-state index contributed by atoms with van der Waals surface area (Å²) in [6.07, 6.45) is 2.32. The molecule has 2 aliphatic rings. The van der Waals surface area contributed by atoms with Gasteiger partial charge in [0.25, 0.3) is 5.69 Å². The maximum Gasteiger partial charge on any atom is 0.357 e. The molecule has 0 radical (unpaired) electrons. The number of anilines is 1. The summed E-state index contributed by atoms with van der Waals surface area (Å²) in [4.78, 5) is 35.0. The molecule has 2 aromatic rings. The second-order valence-corrected chi connectivity index (χ2v) is 9.39. The van der Waals surface area contributed by atoms with E-state index in [2.05, 4.69) is 13.8 Å². The molecule has 2 unspecified atom stereocenters. The highest BCUT2D eigenvalue weighted by Gasteiger charge is 2.56. The normalized spacial score (nSPS) is 20.0. The smallest absolute Gasteiger partial charge is 0.357 e. The van der Waals surface area contributed by atoms with E-state index in [9.17, 15) is 30.3 Å². The van der Waals surface area contributed by atoms with Gasteiger partial charge in [-0.05, 0) is 42.5 Å². The van der Waals surface area contributed by atoms with Gasteiger partial charge in [0, 0.05) is 30.3 Å². The molecule has 0 amide bonds. The molecule has 0 fully saturated rings. The zero-order chi connectivity index (χ0) is 26.5. The number of nitro groups is 3. The molecule has 2 aromatic carbocycles. The second-order valence-electron chi connectivity index (χ2n) is 9.39. The minimum Gasteiger partial charge on any atom is -0.493 e. The van der Waals surface area contributed by atoms with E-state index in [1.54, 1.807) is 13.0 Å². The SMILES string of the molecule is COc1cc([N+](=O)[O-])c([N+](=O)[O-])c2c1OC1(C(C)=C2)C(C)c2cc([N+](=O)[O-])ccc2N1CCC(C)C. The minimum atomic E-state index is -1.17. The molecule has 12 heteroatoms. The number of rotatable bonds is 7. The van der Waals surface area contributed by atoms with Crippen molar-refractivity contribution < 1.29 is 24.2 Å². The Labute approximate surface area is 206 Å². The lowest BCUT2D eigenvalue weighted by molar-refractivity contribution is -0.422. The fraction of sp³-hybridized carbons (Fsp3) is 0.417. The Morgan fingerprint density at radius 2 is 1.81 bits per heavy atom. The van der Waals surface area contributed by atoms with Gasteiger partial charge in [-0.15, -0.1) is 0 Å². The molecule has 36 heavy (non-hydrogen) atoms. The van der Waals surface area contributed by atoms with Crippen molar-refractivity contribution >= 4 is 28.8 Å². The van der Waals surface area contributed by atoms with Gasteiger partial charge >= 0.3 is 11.4 Å². The van der Waals surface area contributed by atoms with Crippen molar-refractivity contribution in [3.05, 3.63) is 71.3 Å². The van der Waals surface area contributed by atoms with Crippen LogP contribution in [-0.4, -0.2) is 34.1 Å². The van der Waals surface area contributed by atoms with Crippen LogP contribution in [0, 0.1) is 36.3 Å². The first-order valence-electron chi connectivity index (χ1n) is 11.4. The zero-order valence-electron chi connectivity index (χ0n) is 20.5. The Kier molecular flexibility index (Phi) is 6.07. The van der Waals surface area contributed by atoms with Crippen LogP contribution in [-0.2, 0) is 0 Å². The Balaban J connectivity index is 1.98. The van der Waals surface area contributed by atoms with E-state index in [1.165, 1.54) is 25.3 Å². The monoisotopic (exact) mass is 498 g/mol. The highest BCUT2D eigenvalue weighted by Crippen LogP contribution is 2.58. The average Bonchev–Trinajstić information content (AvgIpc) is 3.04. The van der Waals surface area contributed by atoms with E-state index in [0.29, 0.717) is 23.6 Å². The zero-order valence-corrected chi connectivity index (χ0v) is 20.5. The molecule has 12 nitrogen and oxygen atoms in total. The summed E-state index contributed by atoms with van der Waals surface area (Å²) in [6.45, 7) is 8.33. The number of hydrogen-bond donors (Lipinski definition) is 0. The summed E-state index contributed by atoms with van der Waals surface area (Å²) in [5, 5.41) is 35.0. The van der Waals surface area contributed by atoms with Crippen LogP contribution in [0.4, 0.5) is 22.7 Å². The van der Waals surface area contributed by atoms with E-state index in [4.69, 9.17) is 9.47 Å². The van der Waals surface area contributed by atoms with Crippen LogP contribution in [0.25, 0.3) is 6.08 Å². The van der Waals surface area contributed by atoms with Crippen LogP contribution < -0.4 is 14.4 Å². The van der Waals surface area contributed by atoms with Crippen molar-refractivity contribution in [3.8, 4) is 11.5 Å². The van der Waals surface area contributed by atoms with E-state index in [1.807, 2.05) is 11.8 Å². The van der Waals surface area contributed by atoms with E-state index >= 15 is 0 Å². The lowest BCUT2D eigenvalue weighted by atomic mass is 9.84. The summed E-state index contributed by atoms with van der Waals surface area (Å²) in [5.74, 6) is -0.0618. The van der Waals surface area contributed by atoms with Crippen molar-refractivity contribution in [2.75, 3.05) is 18.6 Å². The van der Waals surface area contributed by atoms with Crippen LogP contribution in [0.3, 0.4) is 0 Å². The summed E-state index contributed by atoms with van der Waals surface area (Å²) in [5.41, 5.74) is -0.603. The standard InChI is InChI=1S/C24H26N4O8/c1-13(2)8-9-25-19-7-6-16(26(29)30)11-17(19)15(4)24(25)14(3)10-18-22(28(33)34)20(27(31)32)12-21(35-5)23(18)36-24/h6-7,10-13,15H,8-9H2,1-5H3. The van der Waals surface area contributed by atoms with Crippen LogP contribution in [0.5, 0.6) is 11.5 Å². The Hall–Kier alpha value is -4.22. The first kappa shape index (κ1) is 24.9. The Morgan fingerprint density at radius 1 is 1.11 bits per heavy atom. The number of methoxy groups -OCH3 is 1. The fourth-order valence-corrected chi connectivity index (χ4v) is 5.16. The minimum absolute atomic E-state index is 0.0108. The number of ether oxygens (including phenoxy) is 2. The van der Waals surface area contributed by atoms with Crippen LogP contribution in [0.2, 0.25) is 0 Å². The molecule has 0 aliphatic carbocycles. The van der Waals surface area contributed by atoms with E-state index in [-0.39, 0.29) is 22.7 Å². The molecule has 4 rings (SSSR count). The van der Waals surface area contributed by atoms with Crippen molar-refractivity contribution in [1.29, 1.82) is 0 Å². The molecule has 0 saturated carbocycles. The summed E-state index contributed by atoms with van der Waals surface area (Å²) < 4.78 is 12.0. The van der Waals surface area contributed by atoms with E-state index in [0.717, 1.165) is 18.2 Å². The third-order valence-corrected chi connectivity index (χ3v) is 6.91. The van der Waals surface area contributed by atoms with Gasteiger partial charge in [-0.25, -0.2) is 0 Å². The molecule has 2 aliphatic heterocycles. The van der Waals surface area contributed by atoms with Crippen molar-refractivity contribution in [1.82, 2.24) is 0 Å². The Bertz CT molecular complexity index is 1320. The topological polar surface area (TPSA) is 151 Å². The van der Waals surface area contributed by atoms with Crippen molar-refractivity contribution in [2.45, 2.75) is 45.8 Å². The second kappa shape index (κ2) is 8.77. The van der Waals surface area contributed by atoms with Gasteiger partial charge in [0.05, 0.1) is 27.9 Å². The average molecular weight is 498 g/mol. The lowest BCUT2D eigenvalue weighted by Gasteiger charge is -2.46. The first-order valence-corrected chi connectivity index (χ1v) is 11.4. The predicted molar refractivity (Wildman–Crippen MR) is 132 cm³/mol. The van der Waals surface area contributed by atoms with E-state index < -0.39 is 37.8 Å². The van der Waals surface area contributed by atoms with Gasteiger partial charge in [-0.2, -0.15) is 0 Å². The van der Waals surface area contributed by atoms with Gasteiger partial charge in [-0.3, -0.25) is 30.3 Å². The van der Waals surface area contributed by atoms with Crippen LogP contribution in [0.1, 0.15) is 51.2 Å². The molecule has 2 atom stereocenters. The van der Waals surface area contributed by atoms with Gasteiger partial charge in [0.15, 0.2) is 11.5 Å². The molecule has 2 heterocycles. The molecule has 0 bridgehead atoms.